The number of amides is 1. The molecule has 0 aliphatic carbocycles. The highest BCUT2D eigenvalue weighted by atomic mass is 35.5. The third kappa shape index (κ3) is 5.14. The van der Waals surface area contributed by atoms with Gasteiger partial charge in [-0.1, -0.05) is 22.9 Å². The summed E-state index contributed by atoms with van der Waals surface area (Å²) in [5.74, 6) is 0.127. The van der Waals surface area contributed by atoms with Crippen LogP contribution in [0.3, 0.4) is 0 Å². The molecule has 9 nitrogen and oxygen atoms in total. The Bertz CT molecular complexity index is 1330. The molecule has 1 saturated heterocycles. The van der Waals surface area contributed by atoms with E-state index in [0.717, 1.165) is 47.1 Å². The lowest BCUT2D eigenvalue weighted by Crippen LogP contribution is -2.55. The topological polar surface area (TPSA) is 98.7 Å². The molecule has 1 fully saturated rings. The maximum Gasteiger partial charge on any atom is 0.263 e. The summed E-state index contributed by atoms with van der Waals surface area (Å²) in [7, 11) is -3.72. The van der Waals surface area contributed by atoms with Gasteiger partial charge in [-0.05, 0) is 67.8 Å². The number of carbonyl (C=O) groups excluding carboxylic acids is 1. The van der Waals surface area contributed by atoms with Crippen molar-refractivity contribution in [3.05, 3.63) is 58.6 Å². The zero-order chi connectivity index (χ0) is 25.3. The molecule has 0 unspecified atom stereocenters. The molecule has 2 aromatic carbocycles. The quantitative estimate of drug-likeness (QED) is 0.501. The third-order valence-electron chi connectivity index (χ3n) is 6.71. The number of piperazine rings is 1. The molecule has 3 heterocycles. The van der Waals surface area contributed by atoms with Gasteiger partial charge in [-0.3, -0.25) is 9.52 Å². The lowest BCUT2D eigenvalue weighted by molar-refractivity contribution is -0.132. The molecule has 0 spiro atoms. The van der Waals surface area contributed by atoms with Gasteiger partial charge >= 0.3 is 0 Å². The van der Waals surface area contributed by atoms with Crippen LogP contribution in [0.15, 0.2) is 52.9 Å². The smallest absolute Gasteiger partial charge is 0.263 e. The van der Waals surface area contributed by atoms with E-state index in [9.17, 15) is 13.2 Å². The van der Waals surface area contributed by atoms with Gasteiger partial charge in [0.2, 0.25) is 11.0 Å². The zero-order valence-corrected chi connectivity index (χ0v) is 22.2. The molecule has 0 radical (unpaired) electrons. The number of benzene rings is 2. The summed E-state index contributed by atoms with van der Waals surface area (Å²) in [6, 6.07) is 12.4. The zero-order valence-electron chi connectivity index (χ0n) is 19.8. The van der Waals surface area contributed by atoms with Crippen molar-refractivity contribution in [1.82, 2.24) is 15.1 Å². The second-order valence-corrected chi connectivity index (χ2v) is 11.9. The van der Waals surface area contributed by atoms with E-state index < -0.39 is 10.0 Å². The molecule has 0 saturated carbocycles. The van der Waals surface area contributed by atoms with Crippen LogP contribution < -0.4 is 14.5 Å². The van der Waals surface area contributed by atoms with Crippen molar-refractivity contribution in [3.63, 3.8) is 0 Å². The van der Waals surface area contributed by atoms with Crippen LogP contribution in [0, 0.1) is 0 Å². The molecule has 3 aromatic rings. The van der Waals surface area contributed by atoms with Crippen molar-refractivity contribution in [2.24, 2.45) is 0 Å². The minimum Gasteiger partial charge on any atom is -0.368 e. The Morgan fingerprint density at radius 1 is 1.11 bits per heavy atom. The van der Waals surface area contributed by atoms with Crippen LogP contribution in [0.1, 0.15) is 20.3 Å². The van der Waals surface area contributed by atoms with E-state index in [2.05, 4.69) is 24.7 Å². The number of nitrogens with zero attached hydrogens (tertiary/aromatic N) is 5. The minimum absolute atomic E-state index is 0. The van der Waals surface area contributed by atoms with Crippen molar-refractivity contribution in [3.8, 4) is 0 Å². The lowest BCUT2D eigenvalue weighted by Gasteiger charge is -2.41. The van der Waals surface area contributed by atoms with Gasteiger partial charge in [-0.2, -0.15) is 0 Å². The van der Waals surface area contributed by atoms with Crippen LogP contribution in [0.2, 0.25) is 5.02 Å². The van der Waals surface area contributed by atoms with Gasteiger partial charge in [0.1, 0.15) is 11.6 Å². The normalized spacial score (nSPS) is 17.0. The summed E-state index contributed by atoms with van der Waals surface area (Å²) in [5, 5.41) is 8.32. The minimum atomic E-state index is -3.72. The summed E-state index contributed by atoms with van der Waals surface area (Å²) in [6.45, 7) is 5.42. The average Bonchev–Trinajstić information content (AvgIpc) is 3.40. The first-order valence-corrected chi connectivity index (χ1v) is 14.5. The molecule has 1 N–H and O–H groups in total. The Morgan fingerprint density at radius 3 is 2.56 bits per heavy atom. The van der Waals surface area contributed by atoms with Gasteiger partial charge in [0.25, 0.3) is 10.0 Å². The van der Waals surface area contributed by atoms with Gasteiger partial charge < -0.3 is 14.7 Å². The van der Waals surface area contributed by atoms with Crippen LogP contribution in [-0.2, 0) is 21.2 Å². The number of fused-ring (bicyclic) bond motifs is 1. The first-order chi connectivity index (χ1) is 17.3. The molecular weight excluding hydrogens is 520 g/mol. The number of anilines is 3. The van der Waals surface area contributed by atoms with E-state index in [1.807, 2.05) is 30.0 Å². The van der Waals surface area contributed by atoms with Crippen molar-refractivity contribution < 1.29 is 14.6 Å². The predicted molar refractivity (Wildman–Crippen MR) is 145 cm³/mol. The van der Waals surface area contributed by atoms with E-state index in [4.69, 9.17) is 11.6 Å². The molecule has 1 atom stereocenters. The number of aryl methyl sites for hydroxylation is 1. The van der Waals surface area contributed by atoms with Crippen molar-refractivity contribution in [2.75, 3.05) is 47.2 Å². The highest BCUT2D eigenvalue weighted by Gasteiger charge is 2.31. The maximum atomic E-state index is 13.4. The molecular formula is C24H29ClN6O3S2. The molecule has 12 heteroatoms. The lowest BCUT2D eigenvalue weighted by atomic mass is 10.00. The molecule has 2 aliphatic heterocycles. The van der Waals surface area contributed by atoms with Gasteiger partial charge in [-0.25, -0.2) is 8.42 Å². The number of nitrogens with one attached hydrogen (secondary N) is 1. The molecule has 5 rings (SSSR count). The molecule has 1 amide bonds. The van der Waals surface area contributed by atoms with Crippen LogP contribution in [0.5, 0.6) is 0 Å². The molecule has 1 aromatic heterocycles. The number of rotatable bonds is 6. The summed E-state index contributed by atoms with van der Waals surface area (Å²) in [5.41, 5.74) is 4.68. The Labute approximate surface area is 221 Å². The van der Waals surface area contributed by atoms with Crippen molar-refractivity contribution >= 4 is 55.4 Å². The van der Waals surface area contributed by atoms with E-state index >= 15 is 0 Å². The van der Waals surface area contributed by atoms with Gasteiger partial charge in [-0.15, -0.1) is 10.2 Å². The highest BCUT2D eigenvalue weighted by molar-refractivity contribution is 7.93. The van der Waals surface area contributed by atoms with Crippen molar-refractivity contribution in [1.29, 1.82) is 0 Å². The van der Waals surface area contributed by atoms with E-state index in [-0.39, 0.29) is 23.4 Å². The predicted octanol–water partition coefficient (Wildman–Crippen LogP) is 3.73. The average molecular weight is 549 g/mol. The Hall–Kier alpha value is -2.89. The Kier molecular flexibility index (Phi) is 7.05. The maximum absolute atomic E-state index is 13.4. The van der Waals surface area contributed by atoms with Crippen LogP contribution in [0.25, 0.3) is 0 Å². The summed E-state index contributed by atoms with van der Waals surface area (Å²) >= 11 is 7.30. The van der Waals surface area contributed by atoms with Gasteiger partial charge in [0.15, 0.2) is 0 Å². The second kappa shape index (κ2) is 10.2. The number of aromatic nitrogens is 2. The molecule has 192 valence electrons. The molecule has 0 bridgehead atoms. The van der Waals surface area contributed by atoms with E-state index in [0.29, 0.717) is 26.2 Å². The molecule has 2 aliphatic rings. The van der Waals surface area contributed by atoms with Gasteiger partial charge in [0, 0.05) is 50.5 Å². The second-order valence-electron chi connectivity index (χ2n) is 8.90. The van der Waals surface area contributed by atoms with E-state index in [1.54, 1.807) is 24.3 Å². The SMILES string of the molecule is C[C@H](C(=O)N1CCN(c2ccc(S(=O)(=O)Nc3nncs3)cc2)CC1)N1CCCc2cc(Cl)ccc21.[HH]. The third-order valence-corrected chi connectivity index (χ3v) is 9.03. The summed E-state index contributed by atoms with van der Waals surface area (Å²) < 4.78 is 27.5. The van der Waals surface area contributed by atoms with Crippen molar-refractivity contribution in [2.45, 2.75) is 30.7 Å². The summed E-state index contributed by atoms with van der Waals surface area (Å²) in [6.07, 6.45) is 1.98. The fourth-order valence-corrected chi connectivity index (χ4v) is 6.69. The number of halogens is 1. The Morgan fingerprint density at radius 2 is 1.86 bits per heavy atom. The summed E-state index contributed by atoms with van der Waals surface area (Å²) in [4.78, 5) is 19.8. The standard InChI is InChI=1S/C24H27ClN6O3S2.H2/c1-17(31-10-2-3-18-15-19(25)4-9-22(18)31)23(32)30-13-11-29(12-14-30)20-5-7-21(8-6-20)36(33,34)28-24-27-26-16-35-24;/h4-9,15-17H,2-3,10-14H2,1H3,(H,27,28);1H/t17-;/m1./s1. The first-order valence-electron chi connectivity index (χ1n) is 11.8. The Balaban J connectivity index is 0.00000320. The number of hydrogen-bond donors (Lipinski definition) is 1. The van der Waals surface area contributed by atoms with Crippen LogP contribution in [-0.4, -0.2) is 68.2 Å². The first kappa shape index (κ1) is 24.8. The van der Waals surface area contributed by atoms with Gasteiger partial charge in [0.05, 0.1) is 4.90 Å². The monoisotopic (exact) mass is 548 g/mol. The number of sulfonamides is 1. The number of carbonyl (C=O) groups is 1. The fourth-order valence-electron chi connectivity index (χ4n) is 4.81. The van der Waals surface area contributed by atoms with Crippen LogP contribution in [0.4, 0.5) is 16.5 Å². The van der Waals surface area contributed by atoms with E-state index in [1.165, 1.54) is 11.1 Å². The highest BCUT2D eigenvalue weighted by Crippen LogP contribution is 2.31. The fraction of sp³-hybridized carbons (Fsp3) is 0.375. The van der Waals surface area contributed by atoms with Crippen LogP contribution >= 0.6 is 22.9 Å². The number of hydrogen-bond acceptors (Lipinski definition) is 8. The molecule has 36 heavy (non-hydrogen) atoms. The largest absolute Gasteiger partial charge is 0.368 e.